The highest BCUT2D eigenvalue weighted by Crippen LogP contribution is 2.36. The van der Waals surface area contributed by atoms with Crippen LogP contribution in [0.4, 0.5) is 0 Å². The first-order chi connectivity index (χ1) is 8.35. The Morgan fingerprint density at radius 1 is 1.12 bits per heavy atom. The summed E-state index contributed by atoms with van der Waals surface area (Å²) in [6.45, 7) is 4.18. The standard InChI is InChI=1S/C14H26ClNO/c15-11-14(6-2-1-3-7-14)12-16-10-13-4-8-17-9-5-13/h13,16H,1-12H2. The van der Waals surface area contributed by atoms with Crippen molar-refractivity contribution in [1.29, 1.82) is 0 Å². The minimum atomic E-state index is 0.394. The zero-order valence-electron chi connectivity index (χ0n) is 10.8. The molecule has 2 rings (SSSR count). The van der Waals surface area contributed by atoms with E-state index in [4.69, 9.17) is 16.3 Å². The molecule has 2 aliphatic rings. The summed E-state index contributed by atoms with van der Waals surface area (Å²) < 4.78 is 5.39. The van der Waals surface area contributed by atoms with Crippen LogP contribution in [0.15, 0.2) is 0 Å². The van der Waals surface area contributed by atoms with Gasteiger partial charge in [0, 0.05) is 25.6 Å². The summed E-state index contributed by atoms with van der Waals surface area (Å²) in [5, 5.41) is 3.68. The van der Waals surface area contributed by atoms with E-state index in [1.165, 1.54) is 44.9 Å². The normalized spacial score (nSPS) is 25.9. The number of hydrogen-bond acceptors (Lipinski definition) is 2. The highest BCUT2D eigenvalue weighted by Gasteiger charge is 2.30. The van der Waals surface area contributed by atoms with E-state index in [1.54, 1.807) is 0 Å². The lowest BCUT2D eigenvalue weighted by Crippen LogP contribution is -2.40. The minimum Gasteiger partial charge on any atom is -0.381 e. The summed E-state index contributed by atoms with van der Waals surface area (Å²) in [5.41, 5.74) is 0.394. The second-order valence-corrected chi connectivity index (χ2v) is 6.15. The molecule has 17 heavy (non-hydrogen) atoms. The highest BCUT2D eigenvalue weighted by atomic mass is 35.5. The van der Waals surface area contributed by atoms with Crippen molar-refractivity contribution in [2.24, 2.45) is 11.3 Å². The predicted octanol–water partition coefficient (Wildman–Crippen LogP) is 3.19. The lowest BCUT2D eigenvalue weighted by Gasteiger charge is -2.36. The third kappa shape index (κ3) is 4.11. The smallest absolute Gasteiger partial charge is 0.0469 e. The molecule has 1 heterocycles. The van der Waals surface area contributed by atoms with Crippen LogP contribution in [0, 0.1) is 11.3 Å². The molecule has 2 nitrogen and oxygen atoms in total. The third-order valence-corrected chi connectivity index (χ3v) is 5.04. The quantitative estimate of drug-likeness (QED) is 0.766. The third-order valence-electron chi connectivity index (χ3n) is 4.47. The average Bonchev–Trinajstić information content (AvgIpc) is 2.41. The van der Waals surface area contributed by atoms with Crippen molar-refractivity contribution in [2.75, 3.05) is 32.2 Å². The first-order valence-electron chi connectivity index (χ1n) is 7.19. The molecule has 1 N–H and O–H groups in total. The molecule has 0 aromatic heterocycles. The molecule has 1 saturated heterocycles. The van der Waals surface area contributed by atoms with Crippen LogP contribution in [0.3, 0.4) is 0 Å². The molecule has 0 spiro atoms. The van der Waals surface area contributed by atoms with Crippen LogP contribution in [0.5, 0.6) is 0 Å². The molecule has 0 amide bonds. The molecule has 0 bridgehead atoms. The van der Waals surface area contributed by atoms with Gasteiger partial charge in [-0.1, -0.05) is 19.3 Å². The number of ether oxygens (including phenoxy) is 1. The van der Waals surface area contributed by atoms with Gasteiger partial charge in [0.25, 0.3) is 0 Å². The lowest BCUT2D eigenvalue weighted by atomic mass is 9.75. The SMILES string of the molecule is ClCC1(CNCC2CCOCC2)CCCCC1. The molecular formula is C14H26ClNO. The Morgan fingerprint density at radius 2 is 1.82 bits per heavy atom. The van der Waals surface area contributed by atoms with Crippen LogP contribution in [0.2, 0.25) is 0 Å². The van der Waals surface area contributed by atoms with E-state index in [-0.39, 0.29) is 0 Å². The van der Waals surface area contributed by atoms with Crippen molar-refractivity contribution in [3.63, 3.8) is 0 Å². The van der Waals surface area contributed by atoms with Crippen molar-refractivity contribution in [2.45, 2.75) is 44.9 Å². The van der Waals surface area contributed by atoms with E-state index in [1.807, 2.05) is 0 Å². The van der Waals surface area contributed by atoms with Crippen LogP contribution < -0.4 is 5.32 Å². The molecule has 1 aliphatic carbocycles. The van der Waals surface area contributed by atoms with Crippen LogP contribution in [0.25, 0.3) is 0 Å². The fourth-order valence-electron chi connectivity index (χ4n) is 3.15. The molecule has 1 aliphatic heterocycles. The van der Waals surface area contributed by atoms with Gasteiger partial charge in [0.05, 0.1) is 0 Å². The monoisotopic (exact) mass is 259 g/mol. The lowest BCUT2D eigenvalue weighted by molar-refractivity contribution is 0.0649. The Hall–Kier alpha value is 0.210. The van der Waals surface area contributed by atoms with Crippen molar-refractivity contribution in [1.82, 2.24) is 5.32 Å². The first-order valence-corrected chi connectivity index (χ1v) is 7.73. The Labute approximate surface area is 110 Å². The van der Waals surface area contributed by atoms with Crippen molar-refractivity contribution >= 4 is 11.6 Å². The number of hydrogen-bond donors (Lipinski definition) is 1. The van der Waals surface area contributed by atoms with E-state index in [0.29, 0.717) is 5.41 Å². The van der Waals surface area contributed by atoms with Crippen LogP contribution >= 0.6 is 11.6 Å². The molecule has 0 atom stereocenters. The summed E-state index contributed by atoms with van der Waals surface area (Å²) in [6, 6.07) is 0. The predicted molar refractivity (Wildman–Crippen MR) is 72.7 cm³/mol. The van der Waals surface area contributed by atoms with Gasteiger partial charge in [-0.15, -0.1) is 11.6 Å². The minimum absolute atomic E-state index is 0.394. The van der Waals surface area contributed by atoms with E-state index in [2.05, 4.69) is 5.32 Å². The molecule has 0 radical (unpaired) electrons. The summed E-state index contributed by atoms with van der Waals surface area (Å²) >= 11 is 6.20. The second-order valence-electron chi connectivity index (χ2n) is 5.88. The zero-order chi connectivity index (χ0) is 12.0. The maximum atomic E-state index is 6.20. The molecule has 100 valence electrons. The molecule has 0 aromatic rings. The fraction of sp³-hybridized carbons (Fsp3) is 1.00. The maximum absolute atomic E-state index is 6.20. The number of alkyl halides is 1. The Morgan fingerprint density at radius 3 is 2.47 bits per heavy atom. The van der Waals surface area contributed by atoms with Gasteiger partial charge in [-0.2, -0.15) is 0 Å². The van der Waals surface area contributed by atoms with Crippen LogP contribution in [-0.2, 0) is 4.74 Å². The van der Waals surface area contributed by atoms with Gasteiger partial charge in [-0.25, -0.2) is 0 Å². The highest BCUT2D eigenvalue weighted by molar-refractivity contribution is 6.18. The Kier molecular flexibility index (Phi) is 5.58. The Balaban J connectivity index is 1.68. The summed E-state index contributed by atoms with van der Waals surface area (Å²) in [4.78, 5) is 0. The molecule has 2 fully saturated rings. The van der Waals surface area contributed by atoms with Crippen LogP contribution in [-0.4, -0.2) is 32.2 Å². The second kappa shape index (κ2) is 6.96. The van der Waals surface area contributed by atoms with E-state index >= 15 is 0 Å². The van der Waals surface area contributed by atoms with Gasteiger partial charge < -0.3 is 10.1 Å². The van der Waals surface area contributed by atoms with Gasteiger partial charge >= 0.3 is 0 Å². The van der Waals surface area contributed by atoms with Crippen molar-refractivity contribution in [3.05, 3.63) is 0 Å². The molecule has 1 saturated carbocycles. The molecule has 3 heteroatoms. The fourth-order valence-corrected chi connectivity index (χ4v) is 3.51. The van der Waals surface area contributed by atoms with E-state index in [9.17, 15) is 0 Å². The molecular weight excluding hydrogens is 234 g/mol. The van der Waals surface area contributed by atoms with Gasteiger partial charge in [-0.05, 0) is 43.6 Å². The van der Waals surface area contributed by atoms with E-state index < -0.39 is 0 Å². The maximum Gasteiger partial charge on any atom is 0.0469 e. The Bertz CT molecular complexity index is 210. The first kappa shape index (κ1) is 13.6. The molecule has 0 unspecified atom stereocenters. The van der Waals surface area contributed by atoms with Gasteiger partial charge in [0.1, 0.15) is 0 Å². The number of halogens is 1. The van der Waals surface area contributed by atoms with Crippen LogP contribution in [0.1, 0.15) is 44.9 Å². The van der Waals surface area contributed by atoms with Crippen molar-refractivity contribution in [3.8, 4) is 0 Å². The molecule has 0 aromatic carbocycles. The largest absolute Gasteiger partial charge is 0.381 e. The average molecular weight is 260 g/mol. The zero-order valence-corrected chi connectivity index (χ0v) is 11.6. The number of rotatable bonds is 5. The topological polar surface area (TPSA) is 21.3 Å². The van der Waals surface area contributed by atoms with Gasteiger partial charge in [0.15, 0.2) is 0 Å². The number of nitrogens with one attached hydrogen (secondary N) is 1. The summed E-state index contributed by atoms with van der Waals surface area (Å²) in [7, 11) is 0. The van der Waals surface area contributed by atoms with Gasteiger partial charge in [0.2, 0.25) is 0 Å². The summed E-state index contributed by atoms with van der Waals surface area (Å²) in [6.07, 6.45) is 9.21. The van der Waals surface area contributed by atoms with E-state index in [0.717, 1.165) is 38.1 Å². The summed E-state index contributed by atoms with van der Waals surface area (Å²) in [5.74, 6) is 1.65. The van der Waals surface area contributed by atoms with Crippen molar-refractivity contribution < 1.29 is 4.74 Å². The van der Waals surface area contributed by atoms with Gasteiger partial charge in [-0.3, -0.25) is 0 Å².